The average Bonchev–Trinajstić information content (AvgIpc) is 2.51. The quantitative estimate of drug-likeness (QED) is 0.423. The van der Waals surface area contributed by atoms with Gasteiger partial charge in [0.05, 0.1) is 6.07 Å². The second-order valence-electron chi connectivity index (χ2n) is 2.54. The van der Waals surface area contributed by atoms with E-state index in [1.54, 1.807) is 0 Å². The lowest BCUT2D eigenvalue weighted by atomic mass is 10.1. The van der Waals surface area contributed by atoms with Crippen LogP contribution >= 0.6 is 0 Å². The Bertz CT molecular complexity index is 407. The molecule has 0 bridgehead atoms. The molecule has 8 nitrogen and oxygen atoms in total. The lowest BCUT2D eigenvalue weighted by Gasteiger charge is -2.01. The minimum Gasteiger partial charge on any atom is -0.480 e. The summed E-state index contributed by atoms with van der Waals surface area (Å²) in [4.78, 5) is 30.3. The van der Waals surface area contributed by atoms with E-state index >= 15 is 0 Å². The summed E-state index contributed by atoms with van der Waals surface area (Å²) in [6, 6.07) is 1.85. The van der Waals surface area contributed by atoms with E-state index in [2.05, 4.69) is 4.42 Å². The van der Waals surface area contributed by atoms with Gasteiger partial charge in [0.25, 0.3) is 0 Å². The number of nitro groups is 1. The molecule has 0 aliphatic carbocycles. The van der Waals surface area contributed by atoms with Gasteiger partial charge in [-0.3, -0.25) is 19.7 Å². The van der Waals surface area contributed by atoms with E-state index in [1.165, 1.54) is 0 Å². The third-order valence-electron chi connectivity index (χ3n) is 1.57. The Hall–Kier alpha value is -2.38. The number of nitrogens with zero attached hydrogens (tertiary/aromatic N) is 1. The Labute approximate surface area is 81.9 Å². The molecule has 0 radical (unpaired) electrons. The molecular weight excluding hydrogens is 210 g/mol. The number of aliphatic carboxylic acids is 2. The molecule has 0 amide bonds. The van der Waals surface area contributed by atoms with Gasteiger partial charge in [-0.2, -0.15) is 0 Å². The van der Waals surface area contributed by atoms with Gasteiger partial charge in [0.15, 0.2) is 0 Å². The van der Waals surface area contributed by atoms with Gasteiger partial charge in [-0.05, 0) is 6.07 Å². The maximum absolute atomic E-state index is 10.5. The normalized spacial score (nSPS) is 10.2. The van der Waals surface area contributed by atoms with E-state index < -0.39 is 34.4 Å². The molecule has 0 unspecified atom stereocenters. The molecule has 15 heavy (non-hydrogen) atoms. The summed E-state index contributed by atoms with van der Waals surface area (Å²) in [5, 5.41) is 27.3. The highest BCUT2D eigenvalue weighted by Gasteiger charge is 2.32. The van der Waals surface area contributed by atoms with Gasteiger partial charge >= 0.3 is 17.8 Å². The summed E-state index contributed by atoms with van der Waals surface area (Å²) in [7, 11) is 0. The van der Waals surface area contributed by atoms with Crippen LogP contribution in [0, 0.1) is 10.1 Å². The van der Waals surface area contributed by atoms with Crippen LogP contribution in [0.3, 0.4) is 0 Å². The second kappa shape index (κ2) is 3.78. The molecule has 0 saturated carbocycles. The van der Waals surface area contributed by atoms with Gasteiger partial charge in [0.1, 0.15) is 10.7 Å². The number of hydrogen-bond acceptors (Lipinski definition) is 5. The summed E-state index contributed by atoms with van der Waals surface area (Å²) < 4.78 is 4.47. The second-order valence-corrected chi connectivity index (χ2v) is 2.54. The van der Waals surface area contributed by atoms with Crippen molar-refractivity contribution in [1.29, 1.82) is 0 Å². The summed E-state index contributed by atoms with van der Waals surface area (Å²) in [5.74, 6) is -6.41. The van der Waals surface area contributed by atoms with Gasteiger partial charge in [0.2, 0.25) is 5.92 Å². The number of carboxylic acid groups (broad SMARTS) is 2. The fourth-order valence-electron chi connectivity index (χ4n) is 0.945. The number of rotatable bonds is 4. The lowest BCUT2D eigenvalue weighted by molar-refractivity contribution is -0.402. The zero-order chi connectivity index (χ0) is 11.6. The Morgan fingerprint density at radius 3 is 2.20 bits per heavy atom. The van der Waals surface area contributed by atoms with E-state index in [0.29, 0.717) is 0 Å². The molecule has 0 aliphatic heterocycles. The average molecular weight is 215 g/mol. The summed E-state index contributed by atoms with van der Waals surface area (Å²) in [6.45, 7) is 0. The van der Waals surface area contributed by atoms with E-state index in [9.17, 15) is 19.7 Å². The summed E-state index contributed by atoms with van der Waals surface area (Å²) >= 11 is 0. The van der Waals surface area contributed by atoms with Crippen molar-refractivity contribution in [3.05, 3.63) is 28.0 Å². The van der Waals surface area contributed by atoms with Crippen LogP contribution in [0.15, 0.2) is 16.5 Å². The van der Waals surface area contributed by atoms with Gasteiger partial charge < -0.3 is 14.6 Å². The Morgan fingerprint density at radius 1 is 1.33 bits per heavy atom. The molecule has 1 aromatic rings. The first kappa shape index (κ1) is 10.7. The van der Waals surface area contributed by atoms with Gasteiger partial charge in [-0.15, -0.1) is 0 Å². The predicted octanol–water partition coefficient (Wildman–Crippen LogP) is 0.441. The number of hydrogen-bond donors (Lipinski definition) is 2. The van der Waals surface area contributed by atoms with Crippen LogP contribution in [0.5, 0.6) is 0 Å². The van der Waals surface area contributed by atoms with E-state index in [0.717, 1.165) is 12.1 Å². The van der Waals surface area contributed by atoms with Crippen molar-refractivity contribution in [3.63, 3.8) is 0 Å². The monoisotopic (exact) mass is 215 g/mol. The predicted molar refractivity (Wildman–Crippen MR) is 43.4 cm³/mol. The van der Waals surface area contributed by atoms with E-state index in [1.807, 2.05) is 0 Å². The molecule has 1 aromatic heterocycles. The highest BCUT2D eigenvalue weighted by atomic mass is 16.6. The van der Waals surface area contributed by atoms with Crippen molar-refractivity contribution in [2.24, 2.45) is 0 Å². The fraction of sp³-hybridized carbons (Fsp3) is 0.143. The Morgan fingerprint density at radius 2 is 1.87 bits per heavy atom. The molecule has 1 rings (SSSR count). The summed E-state index contributed by atoms with van der Waals surface area (Å²) in [5.41, 5.74) is 0. The van der Waals surface area contributed by atoms with Crippen LogP contribution < -0.4 is 0 Å². The maximum Gasteiger partial charge on any atom is 0.433 e. The largest absolute Gasteiger partial charge is 0.480 e. The Kier molecular flexibility index (Phi) is 2.70. The van der Waals surface area contributed by atoms with Gasteiger partial charge in [-0.25, -0.2) is 0 Å². The van der Waals surface area contributed by atoms with Crippen molar-refractivity contribution < 1.29 is 29.1 Å². The van der Waals surface area contributed by atoms with Crippen molar-refractivity contribution in [2.45, 2.75) is 5.92 Å². The maximum atomic E-state index is 10.5. The molecule has 0 aliphatic rings. The third-order valence-corrected chi connectivity index (χ3v) is 1.57. The number of carbonyl (C=O) groups is 2. The zero-order valence-electron chi connectivity index (χ0n) is 7.11. The minimum absolute atomic E-state index is 0.485. The standard InChI is InChI=1S/C7H5NO7/c9-6(10)5(7(11)12)3-1-2-4(15-3)8(13)14/h1-2,5H,(H,9,10)(H,11,12). The SMILES string of the molecule is O=C(O)C(C(=O)O)c1ccc([N+](=O)[O-])o1. The third kappa shape index (κ3) is 2.10. The molecule has 0 spiro atoms. The van der Waals surface area contributed by atoms with Crippen molar-refractivity contribution in [1.82, 2.24) is 0 Å². The first-order valence-electron chi connectivity index (χ1n) is 3.63. The highest BCUT2D eigenvalue weighted by Crippen LogP contribution is 2.23. The molecular formula is C7H5NO7. The van der Waals surface area contributed by atoms with Crippen molar-refractivity contribution in [2.75, 3.05) is 0 Å². The van der Waals surface area contributed by atoms with Crippen LogP contribution in [0.2, 0.25) is 0 Å². The molecule has 0 atom stereocenters. The van der Waals surface area contributed by atoms with Crippen LogP contribution in [0.1, 0.15) is 11.7 Å². The molecule has 0 fully saturated rings. The Balaban J connectivity index is 3.07. The molecule has 0 aromatic carbocycles. The lowest BCUT2D eigenvalue weighted by Crippen LogP contribution is -2.20. The smallest absolute Gasteiger partial charge is 0.433 e. The first-order chi connectivity index (χ1) is 6.93. The highest BCUT2D eigenvalue weighted by molar-refractivity contribution is 5.98. The van der Waals surface area contributed by atoms with Crippen LogP contribution in [0.25, 0.3) is 0 Å². The van der Waals surface area contributed by atoms with Crippen LogP contribution in [-0.2, 0) is 9.59 Å². The molecule has 80 valence electrons. The van der Waals surface area contributed by atoms with Gasteiger partial charge in [0, 0.05) is 0 Å². The van der Waals surface area contributed by atoms with Crippen molar-refractivity contribution >= 4 is 17.8 Å². The van der Waals surface area contributed by atoms with Crippen LogP contribution in [-0.4, -0.2) is 27.1 Å². The minimum atomic E-state index is -1.93. The fourth-order valence-corrected chi connectivity index (χ4v) is 0.945. The number of carboxylic acids is 2. The number of furan rings is 1. The van der Waals surface area contributed by atoms with E-state index in [-0.39, 0.29) is 0 Å². The van der Waals surface area contributed by atoms with Gasteiger partial charge in [-0.1, -0.05) is 0 Å². The van der Waals surface area contributed by atoms with Crippen molar-refractivity contribution in [3.8, 4) is 0 Å². The van der Waals surface area contributed by atoms with E-state index in [4.69, 9.17) is 10.2 Å². The zero-order valence-corrected chi connectivity index (χ0v) is 7.11. The molecule has 8 heteroatoms. The van der Waals surface area contributed by atoms with Crippen LogP contribution in [0.4, 0.5) is 5.88 Å². The molecule has 1 heterocycles. The first-order valence-corrected chi connectivity index (χ1v) is 3.63. The molecule has 0 saturated heterocycles. The molecule has 2 N–H and O–H groups in total. The summed E-state index contributed by atoms with van der Waals surface area (Å²) in [6.07, 6.45) is 0. The topological polar surface area (TPSA) is 131 Å².